The van der Waals surface area contributed by atoms with Gasteiger partial charge >= 0.3 is 0 Å². The first kappa shape index (κ1) is 24.3. The number of amides is 1. The number of nitrogens with one attached hydrogen (secondary N) is 1. The Bertz CT molecular complexity index is 1140. The zero-order chi connectivity index (χ0) is 24.9. The van der Waals surface area contributed by atoms with E-state index in [1.54, 1.807) is 6.20 Å². The van der Waals surface area contributed by atoms with Crippen molar-refractivity contribution in [3.8, 4) is 0 Å². The van der Waals surface area contributed by atoms with Crippen LogP contribution in [0.2, 0.25) is 5.02 Å². The molecule has 36 heavy (non-hydrogen) atoms. The highest BCUT2D eigenvalue weighted by Gasteiger charge is 2.48. The fraction of sp³-hybridized carbons (Fsp3) is 0.630. The molecule has 0 radical (unpaired) electrons. The molecule has 4 heterocycles. The Balaban J connectivity index is 1.13. The molecule has 194 valence electrons. The van der Waals surface area contributed by atoms with Gasteiger partial charge in [0.25, 0.3) is 0 Å². The molecule has 1 aliphatic carbocycles. The average molecular weight is 517 g/mol. The number of alkyl halides is 1. The largest absolute Gasteiger partial charge is 0.381 e. The van der Waals surface area contributed by atoms with Gasteiger partial charge in [0.1, 0.15) is 12.0 Å². The Labute approximate surface area is 216 Å². The topological polar surface area (TPSA) is 66.9 Å². The summed E-state index contributed by atoms with van der Waals surface area (Å²) in [6.07, 6.45) is 3.88. The van der Waals surface area contributed by atoms with Gasteiger partial charge in [-0.1, -0.05) is 11.6 Å². The number of fused-ring (bicyclic) bond motifs is 1. The molecular formula is C27H34ClFN4O3. The Morgan fingerprint density at radius 3 is 2.64 bits per heavy atom. The van der Waals surface area contributed by atoms with Gasteiger partial charge in [-0.2, -0.15) is 0 Å². The maximum Gasteiger partial charge on any atom is 0.228 e. The first-order chi connectivity index (χ1) is 17.4. The number of piperazine rings is 1. The van der Waals surface area contributed by atoms with Gasteiger partial charge in [0.15, 0.2) is 0 Å². The molecule has 7 nitrogen and oxygen atoms in total. The smallest absolute Gasteiger partial charge is 0.228 e. The molecule has 1 aromatic heterocycles. The number of carbonyl (C=O) groups is 1. The van der Waals surface area contributed by atoms with Crippen molar-refractivity contribution in [1.82, 2.24) is 9.88 Å². The Kier molecular flexibility index (Phi) is 6.56. The molecule has 9 heteroatoms. The van der Waals surface area contributed by atoms with E-state index in [1.807, 2.05) is 19.1 Å². The molecular weight excluding hydrogens is 483 g/mol. The predicted molar refractivity (Wildman–Crippen MR) is 138 cm³/mol. The maximum atomic E-state index is 14.5. The number of hydrogen-bond acceptors (Lipinski definition) is 6. The monoisotopic (exact) mass is 516 g/mol. The number of anilines is 2. The number of pyridine rings is 1. The zero-order valence-corrected chi connectivity index (χ0v) is 21.5. The van der Waals surface area contributed by atoms with E-state index < -0.39 is 11.7 Å². The minimum atomic E-state index is -0.961. The summed E-state index contributed by atoms with van der Waals surface area (Å²) in [7, 11) is 0. The Hall–Kier alpha value is -2.00. The van der Waals surface area contributed by atoms with Gasteiger partial charge in [-0.3, -0.25) is 9.69 Å². The average Bonchev–Trinajstić information content (AvgIpc) is 3.63. The number of aromatic nitrogens is 1. The summed E-state index contributed by atoms with van der Waals surface area (Å²) in [5, 5.41) is 5.63. The highest BCUT2D eigenvalue weighted by atomic mass is 35.5. The molecule has 0 spiro atoms. The number of rotatable bonds is 5. The van der Waals surface area contributed by atoms with Crippen molar-refractivity contribution >= 4 is 39.8 Å². The minimum absolute atomic E-state index is 0.0687. The van der Waals surface area contributed by atoms with Gasteiger partial charge in [-0.15, -0.1) is 0 Å². The second kappa shape index (κ2) is 9.71. The van der Waals surface area contributed by atoms with Crippen molar-refractivity contribution in [2.75, 3.05) is 62.8 Å². The van der Waals surface area contributed by atoms with Crippen LogP contribution in [0.1, 0.15) is 26.2 Å². The third-order valence-electron chi connectivity index (χ3n) is 8.76. The van der Waals surface area contributed by atoms with Gasteiger partial charge in [-0.25, -0.2) is 9.37 Å². The van der Waals surface area contributed by atoms with Crippen molar-refractivity contribution in [3.05, 3.63) is 29.4 Å². The van der Waals surface area contributed by atoms with Crippen LogP contribution < -0.4 is 10.2 Å². The van der Waals surface area contributed by atoms with Crippen molar-refractivity contribution < 1.29 is 18.7 Å². The first-order valence-electron chi connectivity index (χ1n) is 13.1. The molecule has 1 saturated carbocycles. The summed E-state index contributed by atoms with van der Waals surface area (Å²) in [6.45, 7) is 7.22. The first-order valence-corrected chi connectivity index (χ1v) is 13.5. The summed E-state index contributed by atoms with van der Waals surface area (Å²) in [5.74, 6) is 1.80. The van der Waals surface area contributed by atoms with Gasteiger partial charge < -0.3 is 19.7 Å². The van der Waals surface area contributed by atoms with Gasteiger partial charge in [0.2, 0.25) is 5.91 Å². The lowest BCUT2D eigenvalue weighted by atomic mass is 9.93. The normalized spacial score (nSPS) is 31.6. The Morgan fingerprint density at radius 2 is 1.92 bits per heavy atom. The van der Waals surface area contributed by atoms with Gasteiger partial charge in [-0.05, 0) is 61.6 Å². The van der Waals surface area contributed by atoms with E-state index in [4.69, 9.17) is 21.1 Å². The summed E-state index contributed by atoms with van der Waals surface area (Å²) in [4.78, 5) is 21.8. The molecule has 4 atom stereocenters. The van der Waals surface area contributed by atoms with Crippen molar-refractivity contribution in [2.24, 2.45) is 17.8 Å². The van der Waals surface area contributed by atoms with Crippen LogP contribution in [0.3, 0.4) is 0 Å². The van der Waals surface area contributed by atoms with E-state index in [-0.39, 0.29) is 18.4 Å². The lowest BCUT2D eigenvalue weighted by Gasteiger charge is -2.44. The van der Waals surface area contributed by atoms with Crippen LogP contribution >= 0.6 is 11.6 Å². The summed E-state index contributed by atoms with van der Waals surface area (Å²) < 4.78 is 25.3. The van der Waals surface area contributed by atoms with Crippen molar-refractivity contribution in [3.63, 3.8) is 0 Å². The van der Waals surface area contributed by atoms with Gasteiger partial charge in [0.05, 0.1) is 29.5 Å². The number of halogens is 2. The predicted octanol–water partition coefficient (Wildman–Crippen LogP) is 4.14. The zero-order valence-electron chi connectivity index (χ0n) is 20.7. The maximum absolute atomic E-state index is 14.5. The number of carbonyl (C=O) groups excluding carboxylic acids is 1. The van der Waals surface area contributed by atoms with Crippen LogP contribution in [-0.2, 0) is 14.3 Å². The third kappa shape index (κ3) is 4.57. The standard InChI is InChI=1S/C27H34ClFN4O3/c1-27(16-36-15-24(27)29)33-6-4-32(5-7-33)23-11-18-12-25(30-14-19(18)10-22(23)28)31-26(34)21-13-20(21)17-2-8-35-9-3-17/h10-12,14,17,20-21,24H,2-9,13,15-16H2,1H3,(H,30,31,34). The van der Waals surface area contributed by atoms with E-state index in [1.165, 1.54) is 0 Å². The molecule has 3 aliphatic heterocycles. The van der Waals surface area contributed by atoms with E-state index in [9.17, 15) is 9.18 Å². The number of ether oxygens (including phenoxy) is 2. The molecule has 4 fully saturated rings. The van der Waals surface area contributed by atoms with E-state index >= 15 is 0 Å². The lowest BCUT2D eigenvalue weighted by Crippen LogP contribution is -2.59. The van der Waals surface area contributed by atoms with Gasteiger partial charge in [0, 0.05) is 56.9 Å². The second-order valence-electron chi connectivity index (χ2n) is 11.0. The van der Waals surface area contributed by atoms with E-state index in [0.717, 1.165) is 75.1 Å². The van der Waals surface area contributed by atoms with Crippen molar-refractivity contribution in [2.45, 2.75) is 37.9 Å². The van der Waals surface area contributed by atoms with Crippen LogP contribution in [0.15, 0.2) is 24.4 Å². The number of hydrogen-bond donors (Lipinski definition) is 1. The highest BCUT2D eigenvalue weighted by Crippen LogP contribution is 2.48. The molecule has 4 aliphatic rings. The fourth-order valence-corrected chi connectivity index (χ4v) is 6.54. The number of nitrogens with zero attached hydrogens (tertiary/aromatic N) is 3. The Morgan fingerprint density at radius 1 is 1.14 bits per heavy atom. The summed E-state index contributed by atoms with van der Waals surface area (Å²) in [5.41, 5.74) is 0.405. The molecule has 6 rings (SSSR count). The van der Waals surface area contributed by atoms with E-state index in [2.05, 4.69) is 26.2 Å². The molecule has 1 N–H and O–H groups in total. The minimum Gasteiger partial charge on any atom is -0.381 e. The molecule has 3 saturated heterocycles. The second-order valence-corrected chi connectivity index (χ2v) is 11.4. The molecule has 0 bridgehead atoms. The molecule has 1 aromatic carbocycles. The number of benzene rings is 1. The van der Waals surface area contributed by atoms with Crippen LogP contribution in [0, 0.1) is 17.8 Å². The SMILES string of the molecule is CC1(N2CCN(c3cc4cc(NC(=O)C5CC5C5CCOCC5)ncc4cc3Cl)CC2)COCC1F. The van der Waals surface area contributed by atoms with Crippen molar-refractivity contribution in [1.29, 1.82) is 0 Å². The van der Waals surface area contributed by atoms with E-state index in [0.29, 0.717) is 29.3 Å². The lowest BCUT2D eigenvalue weighted by molar-refractivity contribution is -0.117. The quantitative estimate of drug-likeness (QED) is 0.644. The third-order valence-corrected chi connectivity index (χ3v) is 9.07. The molecule has 2 aromatic rings. The highest BCUT2D eigenvalue weighted by molar-refractivity contribution is 6.34. The van der Waals surface area contributed by atoms with Crippen LogP contribution in [-0.4, -0.2) is 80.1 Å². The summed E-state index contributed by atoms with van der Waals surface area (Å²) in [6, 6.07) is 5.94. The van der Waals surface area contributed by atoms with Crippen LogP contribution in [0.4, 0.5) is 15.9 Å². The molecule has 1 amide bonds. The fourth-order valence-electron chi connectivity index (χ4n) is 6.25. The van der Waals surface area contributed by atoms with Crippen LogP contribution in [0.25, 0.3) is 10.8 Å². The van der Waals surface area contributed by atoms with Crippen LogP contribution in [0.5, 0.6) is 0 Å². The summed E-state index contributed by atoms with van der Waals surface area (Å²) >= 11 is 6.67. The molecule has 4 unspecified atom stereocenters.